The first-order valence-electron chi connectivity index (χ1n) is 12.9. The third kappa shape index (κ3) is 6.52. The van der Waals surface area contributed by atoms with Gasteiger partial charge in [-0.05, 0) is 45.4 Å². The Morgan fingerprint density at radius 1 is 1.29 bits per heavy atom. The van der Waals surface area contributed by atoms with Crippen LogP contribution < -0.4 is 14.8 Å². The second-order valence-electron chi connectivity index (χ2n) is 9.40. The Bertz CT molecular complexity index is 1030. The van der Waals surface area contributed by atoms with E-state index < -0.39 is 30.1 Å². The van der Waals surface area contributed by atoms with Crippen LogP contribution in [0.15, 0.2) is 23.8 Å². The van der Waals surface area contributed by atoms with Crippen LogP contribution in [0.3, 0.4) is 0 Å². The van der Waals surface area contributed by atoms with E-state index in [0.717, 1.165) is 0 Å². The van der Waals surface area contributed by atoms with Crippen LogP contribution in [-0.2, 0) is 19.1 Å². The highest BCUT2D eigenvalue weighted by Crippen LogP contribution is 2.51. The summed E-state index contributed by atoms with van der Waals surface area (Å²) in [5.74, 6) is -0.921. The fourth-order valence-corrected chi connectivity index (χ4v) is 4.82. The van der Waals surface area contributed by atoms with E-state index in [-0.39, 0.29) is 43.9 Å². The topological polar surface area (TPSA) is 144 Å². The van der Waals surface area contributed by atoms with Gasteiger partial charge >= 0.3 is 0 Å². The van der Waals surface area contributed by atoms with Crippen LogP contribution in [0.1, 0.15) is 49.0 Å². The number of aliphatic hydroxyl groups excluding tert-OH is 2. The van der Waals surface area contributed by atoms with E-state index in [4.69, 9.17) is 18.9 Å². The number of benzene rings is 1. The maximum absolute atomic E-state index is 13.3. The lowest BCUT2D eigenvalue weighted by Gasteiger charge is -2.40. The van der Waals surface area contributed by atoms with Gasteiger partial charge in [-0.1, -0.05) is 0 Å². The summed E-state index contributed by atoms with van der Waals surface area (Å²) in [5, 5.41) is 23.5. The van der Waals surface area contributed by atoms with Gasteiger partial charge in [0.25, 0.3) is 0 Å². The summed E-state index contributed by atoms with van der Waals surface area (Å²) in [4.78, 5) is 39.6. The minimum atomic E-state index is -1.21. The average Bonchev–Trinajstić information content (AvgIpc) is 3.30. The molecule has 11 heteroatoms. The molecule has 0 saturated carbocycles. The van der Waals surface area contributed by atoms with Crippen molar-refractivity contribution >= 4 is 18.1 Å². The minimum absolute atomic E-state index is 0.0196. The molecule has 1 heterocycles. The van der Waals surface area contributed by atoms with Gasteiger partial charge in [-0.2, -0.15) is 0 Å². The van der Waals surface area contributed by atoms with Crippen LogP contribution in [0.25, 0.3) is 0 Å². The smallest absolute Gasteiger partial charge is 0.249 e. The molecule has 210 valence electrons. The predicted molar refractivity (Wildman–Crippen MR) is 137 cm³/mol. The number of hydrogen-bond acceptors (Lipinski definition) is 9. The highest BCUT2D eigenvalue weighted by molar-refractivity contribution is 5.96. The third-order valence-corrected chi connectivity index (χ3v) is 6.52. The highest BCUT2D eigenvalue weighted by atomic mass is 16.5. The van der Waals surface area contributed by atoms with Crippen LogP contribution in [0.2, 0.25) is 0 Å². The molecule has 2 amide bonds. The first-order valence-corrected chi connectivity index (χ1v) is 12.9. The van der Waals surface area contributed by atoms with Gasteiger partial charge in [0, 0.05) is 43.0 Å². The molecule has 11 nitrogen and oxygen atoms in total. The normalized spacial score (nSPS) is 21.7. The molecule has 0 fully saturated rings. The first-order chi connectivity index (χ1) is 18.3. The summed E-state index contributed by atoms with van der Waals surface area (Å²) in [6.45, 7) is 6.20. The Labute approximate surface area is 222 Å². The Morgan fingerprint density at radius 2 is 2.05 bits per heavy atom. The fourth-order valence-electron chi connectivity index (χ4n) is 4.82. The van der Waals surface area contributed by atoms with Crippen molar-refractivity contribution in [3.8, 4) is 11.5 Å². The van der Waals surface area contributed by atoms with Crippen molar-refractivity contribution in [1.29, 1.82) is 0 Å². The third-order valence-electron chi connectivity index (χ3n) is 6.52. The number of hydrogen-bond donors (Lipinski definition) is 3. The maximum atomic E-state index is 13.3. The van der Waals surface area contributed by atoms with Gasteiger partial charge in [0.15, 0.2) is 11.5 Å². The second kappa shape index (κ2) is 13.7. The number of carbonyl (C=O) groups is 3. The maximum Gasteiger partial charge on any atom is 0.249 e. The summed E-state index contributed by atoms with van der Waals surface area (Å²) in [6.07, 6.45) is 0.639. The summed E-state index contributed by atoms with van der Waals surface area (Å²) in [6, 6.07) is 2.23. The average molecular weight is 535 g/mol. The molecule has 4 atom stereocenters. The van der Waals surface area contributed by atoms with Gasteiger partial charge in [-0.3, -0.25) is 14.4 Å². The second-order valence-corrected chi connectivity index (χ2v) is 9.40. The van der Waals surface area contributed by atoms with Crippen molar-refractivity contribution in [2.75, 3.05) is 46.6 Å². The van der Waals surface area contributed by atoms with Crippen LogP contribution in [-0.4, -0.2) is 104 Å². The molecule has 1 aliphatic carbocycles. The van der Waals surface area contributed by atoms with Crippen molar-refractivity contribution < 1.29 is 43.5 Å². The number of amides is 2. The Morgan fingerprint density at radius 3 is 2.68 bits per heavy atom. The first kappa shape index (κ1) is 29.6. The van der Waals surface area contributed by atoms with Crippen molar-refractivity contribution in [2.45, 2.75) is 57.5 Å². The molecule has 3 N–H and O–H groups in total. The quantitative estimate of drug-likeness (QED) is 0.233. The number of carbonyl (C=O) groups excluding carboxylic acids is 3. The van der Waals surface area contributed by atoms with E-state index in [9.17, 15) is 24.6 Å². The molecule has 1 aromatic rings. The number of methoxy groups -OCH3 is 1. The van der Waals surface area contributed by atoms with Crippen LogP contribution in [0.5, 0.6) is 11.5 Å². The molecule has 4 unspecified atom stereocenters. The van der Waals surface area contributed by atoms with Gasteiger partial charge in [0.05, 0.1) is 31.8 Å². The van der Waals surface area contributed by atoms with Crippen LogP contribution in [0, 0.1) is 0 Å². The SMILES string of the molecule is CCOCC(=O)N(CCCOC(C)C)C1C=C(C(=O)NCCO)C2c3cc(C=O)cc(OC)c3OC2C1O. The lowest BCUT2D eigenvalue weighted by Crippen LogP contribution is -2.56. The van der Waals surface area contributed by atoms with Gasteiger partial charge in [0.2, 0.25) is 11.8 Å². The monoisotopic (exact) mass is 534 g/mol. The van der Waals surface area contributed by atoms with Gasteiger partial charge < -0.3 is 39.4 Å². The number of fused-ring (bicyclic) bond motifs is 3. The molecule has 0 saturated heterocycles. The zero-order valence-electron chi connectivity index (χ0n) is 22.3. The highest BCUT2D eigenvalue weighted by Gasteiger charge is 2.51. The van der Waals surface area contributed by atoms with Gasteiger partial charge in [-0.15, -0.1) is 0 Å². The molecule has 0 bridgehead atoms. The van der Waals surface area contributed by atoms with Crippen LogP contribution in [0.4, 0.5) is 0 Å². The number of aliphatic hydroxyl groups is 2. The summed E-state index contributed by atoms with van der Waals surface area (Å²) < 4.78 is 22.6. The van der Waals surface area contributed by atoms with Crippen molar-refractivity contribution in [3.63, 3.8) is 0 Å². The van der Waals surface area contributed by atoms with Crippen LogP contribution >= 0.6 is 0 Å². The van der Waals surface area contributed by atoms with Crippen molar-refractivity contribution in [2.24, 2.45) is 0 Å². The molecule has 0 spiro atoms. The largest absolute Gasteiger partial charge is 0.493 e. The summed E-state index contributed by atoms with van der Waals surface area (Å²) >= 11 is 0. The fraction of sp³-hybridized carbons (Fsp3) is 0.593. The number of rotatable bonds is 14. The molecule has 0 aromatic heterocycles. The van der Waals surface area contributed by atoms with Gasteiger partial charge in [0.1, 0.15) is 25.1 Å². The lowest BCUT2D eigenvalue weighted by molar-refractivity contribution is -0.142. The Balaban J connectivity index is 2.04. The summed E-state index contributed by atoms with van der Waals surface area (Å²) in [5.41, 5.74) is 1.11. The number of nitrogens with zero attached hydrogens (tertiary/aromatic N) is 1. The van der Waals surface area contributed by atoms with Crippen molar-refractivity contribution in [3.05, 3.63) is 34.9 Å². The zero-order valence-corrected chi connectivity index (χ0v) is 22.3. The van der Waals surface area contributed by atoms with Gasteiger partial charge in [-0.25, -0.2) is 0 Å². The predicted octanol–water partition coefficient (Wildman–Crippen LogP) is 0.811. The zero-order chi connectivity index (χ0) is 27.8. The molecule has 1 aliphatic heterocycles. The Hall–Kier alpha value is -2.99. The van der Waals surface area contributed by atoms with E-state index in [2.05, 4.69) is 5.32 Å². The molecule has 1 aromatic carbocycles. The van der Waals surface area contributed by atoms with Crippen molar-refractivity contribution in [1.82, 2.24) is 10.2 Å². The standard InChI is InChI=1S/C27H38N2O9/c1-5-36-15-22(32)29(8-6-10-37-16(2)3)20-13-19(27(34)28-7-9-30)23-18-11-17(14-31)12-21(35-4)25(18)38-26(23)24(20)33/h11-14,16,20,23-24,26,30,33H,5-10,15H2,1-4H3,(H,28,34). The molecule has 0 radical (unpaired) electrons. The van der Waals surface area contributed by atoms with E-state index in [1.165, 1.54) is 18.1 Å². The number of aldehydes is 1. The van der Waals surface area contributed by atoms with E-state index in [1.807, 2.05) is 13.8 Å². The number of nitrogens with one attached hydrogen (secondary N) is 1. The molecule has 2 aliphatic rings. The molecule has 38 heavy (non-hydrogen) atoms. The van der Waals surface area contributed by atoms with E-state index in [1.54, 1.807) is 19.1 Å². The molecular formula is C27H38N2O9. The molecular weight excluding hydrogens is 496 g/mol. The lowest BCUT2D eigenvalue weighted by atomic mass is 9.77. The van der Waals surface area contributed by atoms with E-state index in [0.29, 0.717) is 48.5 Å². The number of ether oxygens (including phenoxy) is 4. The minimum Gasteiger partial charge on any atom is -0.493 e. The summed E-state index contributed by atoms with van der Waals surface area (Å²) in [7, 11) is 1.44. The van der Waals surface area contributed by atoms with E-state index >= 15 is 0 Å². The molecule has 3 rings (SSSR count). The Kier molecular flexibility index (Phi) is 10.7.